The average Bonchev–Trinajstić information content (AvgIpc) is 3.41. The van der Waals surface area contributed by atoms with E-state index in [1.807, 2.05) is 4.72 Å². The van der Waals surface area contributed by atoms with E-state index >= 15 is 0 Å². The fourth-order valence-corrected chi connectivity index (χ4v) is 5.51. The summed E-state index contributed by atoms with van der Waals surface area (Å²) in [7, 11) is -4.06. The molecule has 1 saturated carbocycles. The van der Waals surface area contributed by atoms with Gasteiger partial charge in [0, 0.05) is 28.9 Å². The first-order valence-corrected chi connectivity index (χ1v) is 12.9. The fourth-order valence-electron chi connectivity index (χ4n) is 3.61. The van der Waals surface area contributed by atoms with Crippen molar-refractivity contribution in [1.29, 1.82) is 0 Å². The number of hydrogen-bond acceptors (Lipinski definition) is 7. The van der Waals surface area contributed by atoms with Gasteiger partial charge in [0.2, 0.25) is 5.88 Å². The number of nitrogens with one attached hydrogen (secondary N) is 3. The zero-order chi connectivity index (χ0) is 24.7. The zero-order valence-electron chi connectivity index (χ0n) is 18.0. The summed E-state index contributed by atoms with van der Waals surface area (Å²) in [5.74, 6) is -1.34. The van der Waals surface area contributed by atoms with Crippen LogP contribution in [0.5, 0.6) is 5.88 Å². The number of hydrogen-bond donors (Lipinski definition) is 4. The Kier molecular flexibility index (Phi) is 5.69. The van der Waals surface area contributed by atoms with Gasteiger partial charge in [0.1, 0.15) is 10.0 Å². The van der Waals surface area contributed by atoms with Gasteiger partial charge in [0.15, 0.2) is 0 Å². The first-order chi connectivity index (χ1) is 16.7. The number of nitrogens with zero attached hydrogens (tertiary/aromatic N) is 1. The number of sulfonamides is 1. The molecule has 1 aliphatic rings. The molecule has 0 radical (unpaired) electrons. The van der Waals surface area contributed by atoms with Gasteiger partial charge in [-0.15, -0.1) is 11.3 Å². The van der Waals surface area contributed by atoms with Gasteiger partial charge in [0.05, 0.1) is 5.69 Å². The van der Waals surface area contributed by atoms with Crippen molar-refractivity contribution in [2.45, 2.75) is 23.1 Å². The van der Waals surface area contributed by atoms with E-state index in [1.165, 1.54) is 30.3 Å². The van der Waals surface area contributed by atoms with Gasteiger partial charge in [-0.3, -0.25) is 4.79 Å². The summed E-state index contributed by atoms with van der Waals surface area (Å²) in [6.07, 6.45) is 2.17. The smallest absolute Gasteiger partial charge is 0.333 e. The van der Waals surface area contributed by atoms with Gasteiger partial charge in [0.25, 0.3) is 15.6 Å². The molecule has 180 valence electrons. The maximum atomic E-state index is 15.0. The molecule has 2 amide bonds. The van der Waals surface area contributed by atoms with E-state index in [1.54, 1.807) is 23.6 Å². The van der Waals surface area contributed by atoms with Crippen molar-refractivity contribution in [3.8, 4) is 11.6 Å². The largest absolute Gasteiger partial charge is 0.494 e. The third-order valence-electron chi connectivity index (χ3n) is 5.39. The van der Waals surface area contributed by atoms with Crippen LogP contribution in [0.4, 0.5) is 20.6 Å². The number of aromatic nitrogens is 1. The van der Waals surface area contributed by atoms with Crippen LogP contribution in [0.3, 0.4) is 0 Å². The van der Waals surface area contributed by atoms with E-state index in [0.717, 1.165) is 40.5 Å². The molecule has 4 N–H and O–H groups in total. The Bertz CT molecular complexity index is 1610. The topological polar surface area (TPSA) is 130 Å². The third kappa shape index (κ3) is 4.70. The van der Waals surface area contributed by atoms with Gasteiger partial charge in [-0.2, -0.15) is 0 Å². The predicted molar refractivity (Wildman–Crippen MR) is 131 cm³/mol. The summed E-state index contributed by atoms with van der Waals surface area (Å²) in [5.41, 5.74) is -0.0866. The number of carbonyl (C=O) groups excluding carboxylic acids is 1. The molecule has 4 aromatic rings. The number of pyridine rings is 1. The second kappa shape index (κ2) is 8.71. The van der Waals surface area contributed by atoms with E-state index in [2.05, 4.69) is 10.6 Å². The van der Waals surface area contributed by atoms with Crippen LogP contribution in [-0.4, -0.2) is 30.2 Å². The molecule has 5 rings (SSSR count). The summed E-state index contributed by atoms with van der Waals surface area (Å²) in [6.45, 7) is 0. The maximum Gasteiger partial charge on any atom is 0.333 e. The van der Waals surface area contributed by atoms with E-state index in [-0.39, 0.29) is 15.6 Å². The van der Waals surface area contributed by atoms with Crippen molar-refractivity contribution >= 4 is 49.5 Å². The Morgan fingerprint density at radius 2 is 1.86 bits per heavy atom. The lowest BCUT2D eigenvalue weighted by molar-refractivity contribution is 0.256. The van der Waals surface area contributed by atoms with Gasteiger partial charge in [-0.25, -0.2) is 26.9 Å². The van der Waals surface area contributed by atoms with Gasteiger partial charge < -0.3 is 15.7 Å². The van der Waals surface area contributed by atoms with Crippen LogP contribution in [-0.2, 0) is 10.0 Å². The summed E-state index contributed by atoms with van der Waals surface area (Å²) in [6, 6.07) is 12.1. The van der Waals surface area contributed by atoms with Crippen LogP contribution < -0.4 is 20.9 Å². The van der Waals surface area contributed by atoms with Gasteiger partial charge in [-0.05, 0) is 66.1 Å². The molecular weight excluding hydrogens is 495 g/mol. The summed E-state index contributed by atoms with van der Waals surface area (Å²) in [5, 5.41) is 18.7. The summed E-state index contributed by atoms with van der Waals surface area (Å²) >= 11 is 0.939. The molecule has 2 aromatic heterocycles. The number of anilines is 2. The number of urea groups is 1. The van der Waals surface area contributed by atoms with E-state index in [9.17, 15) is 27.5 Å². The highest BCUT2D eigenvalue weighted by molar-refractivity contribution is 7.92. The number of halogens is 1. The van der Waals surface area contributed by atoms with Crippen LogP contribution in [0.1, 0.15) is 12.8 Å². The Morgan fingerprint density at radius 3 is 2.54 bits per heavy atom. The van der Waals surface area contributed by atoms with Crippen LogP contribution >= 0.6 is 11.3 Å². The molecule has 1 fully saturated rings. The number of fused-ring (bicyclic) bond motifs is 1. The molecule has 0 atom stereocenters. The Labute approximate surface area is 202 Å². The highest BCUT2D eigenvalue weighted by atomic mass is 32.2. The van der Waals surface area contributed by atoms with Crippen molar-refractivity contribution in [1.82, 2.24) is 9.29 Å². The monoisotopic (exact) mass is 514 g/mol. The molecule has 0 spiro atoms. The number of rotatable bonds is 6. The van der Waals surface area contributed by atoms with Crippen molar-refractivity contribution in [3.05, 3.63) is 76.1 Å². The van der Waals surface area contributed by atoms with Crippen molar-refractivity contribution in [3.63, 3.8) is 0 Å². The minimum atomic E-state index is -4.06. The Balaban J connectivity index is 1.40. The molecular formula is C23H19FN4O5S2. The first-order valence-electron chi connectivity index (χ1n) is 10.5. The number of carbonyl (C=O) groups is 1. The quantitative estimate of drug-likeness (QED) is 0.308. The summed E-state index contributed by atoms with van der Waals surface area (Å²) < 4.78 is 41.9. The second-order valence-electron chi connectivity index (χ2n) is 8.02. The highest BCUT2D eigenvalue weighted by Crippen LogP contribution is 2.31. The lowest BCUT2D eigenvalue weighted by Gasteiger charge is -2.14. The van der Waals surface area contributed by atoms with E-state index in [0.29, 0.717) is 16.8 Å². The molecule has 9 nitrogen and oxygen atoms in total. The number of amides is 2. The minimum Gasteiger partial charge on any atom is -0.494 e. The lowest BCUT2D eigenvalue weighted by atomic mass is 10.1. The standard InChI is InChI=1S/C23H19FN4O5S2/c24-18-12-16(26-23(31)27-35(32,33)21-2-1-9-34-21)6-8-19(18)28-20(29)11-13-10-15(25-14-3-4-14)5-7-17(13)22(28)30/h1-2,5-12,14,25,30H,3-4H2,(H2,26,27,31). The summed E-state index contributed by atoms with van der Waals surface area (Å²) in [4.78, 5) is 24.9. The third-order valence-corrected chi connectivity index (χ3v) is 8.11. The van der Waals surface area contributed by atoms with Crippen molar-refractivity contribution in [2.24, 2.45) is 0 Å². The van der Waals surface area contributed by atoms with Crippen LogP contribution in [0.25, 0.3) is 16.5 Å². The highest BCUT2D eigenvalue weighted by Gasteiger charge is 2.22. The van der Waals surface area contributed by atoms with E-state index < -0.39 is 33.3 Å². The average molecular weight is 515 g/mol. The minimum absolute atomic E-state index is 0.0456. The molecule has 1 aliphatic carbocycles. The SMILES string of the molecule is O=C(Nc1ccc(-n2c(O)c3ccc(NC4CC4)cc3cc2=O)c(F)c1)NS(=O)(=O)c1cccs1. The van der Waals surface area contributed by atoms with Crippen molar-refractivity contribution in [2.75, 3.05) is 10.6 Å². The molecule has 0 unspecified atom stereocenters. The Hall–Kier alpha value is -3.90. The fraction of sp³-hybridized carbons (Fsp3) is 0.130. The normalized spacial score (nSPS) is 13.5. The predicted octanol–water partition coefficient (Wildman–Crippen LogP) is 3.98. The van der Waals surface area contributed by atoms with Crippen LogP contribution in [0, 0.1) is 5.82 Å². The van der Waals surface area contributed by atoms with Gasteiger partial charge in [-0.1, -0.05) is 6.07 Å². The second-order valence-corrected chi connectivity index (χ2v) is 10.9. The zero-order valence-corrected chi connectivity index (χ0v) is 19.6. The maximum absolute atomic E-state index is 15.0. The molecule has 2 heterocycles. The van der Waals surface area contributed by atoms with E-state index in [4.69, 9.17) is 0 Å². The van der Waals surface area contributed by atoms with Gasteiger partial charge >= 0.3 is 6.03 Å². The molecule has 12 heteroatoms. The number of benzene rings is 2. The molecule has 0 aliphatic heterocycles. The van der Waals surface area contributed by atoms with Crippen LogP contribution in [0.15, 0.2) is 69.0 Å². The number of aromatic hydroxyl groups is 1. The molecule has 2 aromatic carbocycles. The Morgan fingerprint density at radius 1 is 1.09 bits per heavy atom. The van der Waals surface area contributed by atoms with Crippen molar-refractivity contribution < 1.29 is 22.7 Å². The molecule has 0 saturated heterocycles. The number of thiophene rings is 1. The lowest BCUT2D eigenvalue weighted by Crippen LogP contribution is -2.34. The van der Waals surface area contributed by atoms with Crippen LogP contribution in [0.2, 0.25) is 0 Å². The molecule has 0 bridgehead atoms. The first kappa shape index (κ1) is 22.9. The molecule has 35 heavy (non-hydrogen) atoms.